The van der Waals surface area contributed by atoms with Crippen molar-refractivity contribution in [2.24, 2.45) is 5.10 Å². The van der Waals surface area contributed by atoms with Crippen molar-refractivity contribution in [3.05, 3.63) is 65.9 Å². The highest BCUT2D eigenvalue weighted by atomic mass is 16.5. The molecule has 3 aromatic rings. The number of aromatic amines is 1. The SMILES string of the molecule is CC(C)c1cccc(OCC(=O)N/N=C/c2c[nH]c3ccccc23)c1. The van der Waals surface area contributed by atoms with Crippen molar-refractivity contribution < 1.29 is 9.53 Å². The van der Waals surface area contributed by atoms with Crippen LogP contribution in [0.1, 0.15) is 30.9 Å². The predicted molar refractivity (Wildman–Crippen MR) is 100 cm³/mol. The maximum atomic E-state index is 11.9. The number of nitrogens with zero attached hydrogens (tertiary/aromatic N) is 1. The molecule has 1 amide bonds. The van der Waals surface area contributed by atoms with Crippen LogP contribution in [0.15, 0.2) is 59.8 Å². The average Bonchev–Trinajstić information content (AvgIpc) is 3.03. The molecule has 0 spiro atoms. The van der Waals surface area contributed by atoms with Crippen molar-refractivity contribution in [1.82, 2.24) is 10.4 Å². The molecule has 0 saturated carbocycles. The summed E-state index contributed by atoms with van der Waals surface area (Å²) in [6.07, 6.45) is 3.48. The van der Waals surface area contributed by atoms with Gasteiger partial charge in [0, 0.05) is 22.7 Å². The lowest BCUT2D eigenvalue weighted by molar-refractivity contribution is -0.123. The number of benzene rings is 2. The molecule has 2 aromatic carbocycles. The van der Waals surface area contributed by atoms with Crippen molar-refractivity contribution in [3.8, 4) is 5.75 Å². The minimum atomic E-state index is -0.300. The monoisotopic (exact) mass is 335 g/mol. The molecule has 0 aliphatic carbocycles. The quantitative estimate of drug-likeness (QED) is 0.531. The number of fused-ring (bicyclic) bond motifs is 1. The number of carbonyl (C=O) groups excluding carboxylic acids is 1. The molecule has 1 heterocycles. The largest absolute Gasteiger partial charge is 0.484 e. The summed E-state index contributed by atoms with van der Waals surface area (Å²) < 4.78 is 5.52. The first-order valence-electron chi connectivity index (χ1n) is 8.24. The topological polar surface area (TPSA) is 66.5 Å². The Labute approximate surface area is 146 Å². The molecule has 0 aliphatic heterocycles. The summed E-state index contributed by atoms with van der Waals surface area (Å²) in [6, 6.07) is 15.7. The van der Waals surface area contributed by atoms with Gasteiger partial charge in [-0.25, -0.2) is 5.43 Å². The lowest BCUT2D eigenvalue weighted by Gasteiger charge is -2.09. The number of para-hydroxylation sites is 1. The predicted octanol–water partition coefficient (Wildman–Crippen LogP) is 3.82. The average molecular weight is 335 g/mol. The summed E-state index contributed by atoms with van der Waals surface area (Å²) in [4.78, 5) is 15.0. The summed E-state index contributed by atoms with van der Waals surface area (Å²) in [5.74, 6) is 0.797. The Balaban J connectivity index is 1.54. The van der Waals surface area contributed by atoms with Gasteiger partial charge >= 0.3 is 0 Å². The van der Waals surface area contributed by atoms with E-state index >= 15 is 0 Å². The highest BCUT2D eigenvalue weighted by Gasteiger charge is 2.04. The van der Waals surface area contributed by atoms with Crippen molar-refractivity contribution >= 4 is 23.0 Å². The van der Waals surface area contributed by atoms with Gasteiger partial charge in [0.15, 0.2) is 6.61 Å². The summed E-state index contributed by atoms with van der Waals surface area (Å²) in [7, 11) is 0. The first kappa shape index (κ1) is 16.8. The number of nitrogens with one attached hydrogen (secondary N) is 2. The minimum absolute atomic E-state index is 0.0766. The zero-order valence-corrected chi connectivity index (χ0v) is 14.3. The lowest BCUT2D eigenvalue weighted by atomic mass is 10.0. The molecular weight excluding hydrogens is 314 g/mol. The van der Waals surface area contributed by atoms with Gasteiger partial charge in [-0.05, 0) is 29.7 Å². The fourth-order valence-corrected chi connectivity index (χ4v) is 2.52. The Kier molecular flexibility index (Phi) is 5.14. The normalized spacial score (nSPS) is 11.3. The van der Waals surface area contributed by atoms with Crippen LogP contribution in [-0.4, -0.2) is 23.7 Å². The van der Waals surface area contributed by atoms with Crippen molar-refractivity contribution in [2.75, 3.05) is 6.61 Å². The standard InChI is InChI=1S/C20H21N3O2/c1-14(2)15-6-5-7-17(10-15)25-13-20(24)23-22-12-16-11-21-19-9-4-3-8-18(16)19/h3-12,14,21H,13H2,1-2H3,(H,23,24)/b22-12+. The molecule has 0 fully saturated rings. The molecule has 0 radical (unpaired) electrons. The molecule has 0 aliphatic rings. The molecule has 5 heteroatoms. The van der Waals surface area contributed by atoms with Gasteiger partial charge < -0.3 is 9.72 Å². The highest BCUT2D eigenvalue weighted by Crippen LogP contribution is 2.20. The van der Waals surface area contributed by atoms with E-state index in [-0.39, 0.29) is 12.5 Å². The second kappa shape index (κ2) is 7.66. The molecule has 3 rings (SSSR count). The summed E-state index contributed by atoms with van der Waals surface area (Å²) in [5, 5.41) is 5.06. The third kappa shape index (κ3) is 4.26. The lowest BCUT2D eigenvalue weighted by Crippen LogP contribution is -2.24. The van der Waals surface area contributed by atoms with E-state index in [0.29, 0.717) is 11.7 Å². The molecule has 0 saturated heterocycles. The van der Waals surface area contributed by atoms with E-state index in [2.05, 4.69) is 29.4 Å². The van der Waals surface area contributed by atoms with Gasteiger partial charge in [-0.2, -0.15) is 5.10 Å². The van der Waals surface area contributed by atoms with Crippen molar-refractivity contribution in [3.63, 3.8) is 0 Å². The Morgan fingerprint density at radius 1 is 1.24 bits per heavy atom. The van der Waals surface area contributed by atoms with Gasteiger partial charge in [0.25, 0.3) is 5.91 Å². The number of rotatable bonds is 6. The van der Waals surface area contributed by atoms with Crippen molar-refractivity contribution in [2.45, 2.75) is 19.8 Å². The summed E-state index contributed by atoms with van der Waals surface area (Å²) in [5.41, 5.74) is 5.61. The molecule has 5 nitrogen and oxygen atoms in total. The van der Waals surface area contributed by atoms with Crippen LogP contribution in [0.5, 0.6) is 5.75 Å². The maximum Gasteiger partial charge on any atom is 0.277 e. The zero-order chi connectivity index (χ0) is 17.6. The van der Waals surface area contributed by atoms with Crippen LogP contribution in [0.25, 0.3) is 10.9 Å². The van der Waals surface area contributed by atoms with E-state index in [1.165, 1.54) is 5.56 Å². The van der Waals surface area contributed by atoms with Crippen molar-refractivity contribution in [1.29, 1.82) is 0 Å². The Bertz CT molecular complexity index is 897. The van der Waals surface area contributed by atoms with Gasteiger partial charge in [0.1, 0.15) is 5.75 Å². The first-order chi connectivity index (χ1) is 12.1. The van der Waals surface area contributed by atoms with E-state index in [4.69, 9.17) is 4.74 Å². The van der Waals surface area contributed by atoms with Crippen LogP contribution in [0.3, 0.4) is 0 Å². The Hall–Kier alpha value is -3.08. The third-order valence-corrected chi connectivity index (χ3v) is 3.91. The van der Waals surface area contributed by atoms with Crippen LogP contribution < -0.4 is 10.2 Å². The number of aromatic nitrogens is 1. The second-order valence-electron chi connectivity index (χ2n) is 6.10. The molecule has 0 unspecified atom stereocenters. The van der Waals surface area contributed by atoms with E-state index in [1.54, 1.807) is 6.21 Å². The van der Waals surface area contributed by atoms with E-state index in [9.17, 15) is 4.79 Å². The third-order valence-electron chi connectivity index (χ3n) is 3.91. The van der Waals surface area contributed by atoms with Crippen LogP contribution in [0.4, 0.5) is 0 Å². The van der Waals surface area contributed by atoms with Gasteiger partial charge in [0.05, 0.1) is 6.21 Å². The number of H-pyrrole nitrogens is 1. The fraction of sp³-hybridized carbons (Fsp3) is 0.200. The van der Waals surface area contributed by atoms with E-state index in [1.807, 2.05) is 54.7 Å². The van der Waals surface area contributed by atoms with Gasteiger partial charge in [-0.3, -0.25) is 4.79 Å². The molecule has 128 valence electrons. The number of carbonyl (C=O) groups is 1. The Morgan fingerprint density at radius 3 is 2.92 bits per heavy atom. The number of hydrogen-bond donors (Lipinski definition) is 2. The van der Waals surface area contributed by atoms with Gasteiger partial charge in [0.2, 0.25) is 0 Å². The second-order valence-corrected chi connectivity index (χ2v) is 6.10. The fourth-order valence-electron chi connectivity index (χ4n) is 2.52. The molecule has 1 aromatic heterocycles. The number of ether oxygens (including phenoxy) is 1. The molecule has 0 atom stereocenters. The summed E-state index contributed by atoms with van der Waals surface area (Å²) >= 11 is 0. The van der Waals surface area contributed by atoms with Gasteiger partial charge in [-0.1, -0.05) is 44.2 Å². The van der Waals surface area contributed by atoms with Crippen LogP contribution >= 0.6 is 0 Å². The summed E-state index contributed by atoms with van der Waals surface area (Å²) in [6.45, 7) is 4.16. The molecule has 0 bridgehead atoms. The highest BCUT2D eigenvalue weighted by molar-refractivity contribution is 5.99. The minimum Gasteiger partial charge on any atom is -0.484 e. The smallest absolute Gasteiger partial charge is 0.277 e. The van der Waals surface area contributed by atoms with Crippen LogP contribution in [-0.2, 0) is 4.79 Å². The first-order valence-corrected chi connectivity index (χ1v) is 8.24. The molecule has 2 N–H and O–H groups in total. The number of hydrazone groups is 1. The zero-order valence-electron chi connectivity index (χ0n) is 14.3. The molecule has 25 heavy (non-hydrogen) atoms. The van der Waals surface area contributed by atoms with Gasteiger partial charge in [-0.15, -0.1) is 0 Å². The van der Waals surface area contributed by atoms with Crippen LogP contribution in [0.2, 0.25) is 0 Å². The number of hydrogen-bond acceptors (Lipinski definition) is 3. The molecular formula is C20H21N3O2. The van der Waals surface area contributed by atoms with Crippen LogP contribution in [0, 0.1) is 0 Å². The number of amides is 1. The maximum absolute atomic E-state index is 11.9. The van der Waals surface area contributed by atoms with E-state index in [0.717, 1.165) is 16.5 Å². The van der Waals surface area contributed by atoms with E-state index < -0.39 is 0 Å². The Morgan fingerprint density at radius 2 is 2.08 bits per heavy atom.